The van der Waals surface area contributed by atoms with Gasteiger partial charge in [0, 0.05) is 24.3 Å². The summed E-state index contributed by atoms with van der Waals surface area (Å²) in [5.41, 5.74) is 7.11. The number of halogens is 2. The molecule has 0 fully saturated rings. The van der Waals surface area contributed by atoms with Crippen LogP contribution < -0.4 is 11.1 Å². The number of primary amides is 1. The maximum atomic E-state index is 12.0. The summed E-state index contributed by atoms with van der Waals surface area (Å²) in [7, 11) is 1.71. The molecule has 1 aromatic carbocycles. The summed E-state index contributed by atoms with van der Waals surface area (Å²) in [5.74, 6) is -1.03. The molecule has 0 aliphatic rings. The highest BCUT2D eigenvalue weighted by Crippen LogP contribution is 2.23. The van der Waals surface area contributed by atoms with E-state index in [0.717, 1.165) is 0 Å². The van der Waals surface area contributed by atoms with Crippen LogP contribution in [0.25, 0.3) is 6.08 Å². The Balaban J connectivity index is 2.18. The van der Waals surface area contributed by atoms with Gasteiger partial charge in [-0.3, -0.25) is 14.3 Å². The van der Waals surface area contributed by atoms with Crippen LogP contribution in [-0.2, 0) is 11.8 Å². The highest BCUT2D eigenvalue weighted by Gasteiger charge is 2.10. The van der Waals surface area contributed by atoms with Gasteiger partial charge in [-0.25, -0.2) is 0 Å². The quantitative estimate of drug-likeness (QED) is 0.828. The van der Waals surface area contributed by atoms with Gasteiger partial charge in [0.1, 0.15) is 5.15 Å². The molecule has 1 heterocycles. The maximum absolute atomic E-state index is 12.0. The van der Waals surface area contributed by atoms with Crippen molar-refractivity contribution in [2.24, 2.45) is 12.8 Å². The van der Waals surface area contributed by atoms with Crippen LogP contribution >= 0.6 is 23.2 Å². The number of benzene rings is 1. The Bertz CT molecular complexity index is 812. The predicted octanol–water partition coefficient (Wildman–Crippen LogP) is 2.79. The van der Waals surface area contributed by atoms with E-state index in [1.54, 1.807) is 20.0 Å². The lowest BCUT2D eigenvalue weighted by molar-refractivity contribution is -0.111. The zero-order valence-corrected chi connectivity index (χ0v) is 13.9. The van der Waals surface area contributed by atoms with Crippen molar-refractivity contribution in [1.82, 2.24) is 9.78 Å². The Labute approximate surface area is 142 Å². The second-order valence-corrected chi connectivity index (χ2v) is 5.56. The van der Waals surface area contributed by atoms with Gasteiger partial charge in [-0.15, -0.1) is 0 Å². The number of aromatic nitrogens is 2. The van der Waals surface area contributed by atoms with Gasteiger partial charge in [0.05, 0.1) is 16.4 Å². The van der Waals surface area contributed by atoms with Gasteiger partial charge in [-0.2, -0.15) is 5.10 Å². The number of rotatable bonds is 4. The van der Waals surface area contributed by atoms with Gasteiger partial charge in [-0.1, -0.05) is 23.2 Å². The molecule has 0 saturated heterocycles. The summed E-state index contributed by atoms with van der Waals surface area (Å²) < 4.78 is 1.52. The van der Waals surface area contributed by atoms with Crippen LogP contribution in [0.3, 0.4) is 0 Å². The Kier molecular flexibility index (Phi) is 5.08. The van der Waals surface area contributed by atoms with Gasteiger partial charge >= 0.3 is 0 Å². The van der Waals surface area contributed by atoms with E-state index in [2.05, 4.69) is 10.4 Å². The average molecular weight is 353 g/mol. The van der Waals surface area contributed by atoms with E-state index in [9.17, 15) is 9.59 Å². The zero-order chi connectivity index (χ0) is 17.1. The van der Waals surface area contributed by atoms with E-state index in [0.29, 0.717) is 27.1 Å². The van der Waals surface area contributed by atoms with E-state index in [1.807, 2.05) is 0 Å². The minimum absolute atomic E-state index is 0.250. The molecule has 0 spiro atoms. The Morgan fingerprint density at radius 2 is 2.04 bits per heavy atom. The topological polar surface area (TPSA) is 90.0 Å². The van der Waals surface area contributed by atoms with Crippen molar-refractivity contribution in [3.05, 3.63) is 51.3 Å². The predicted molar refractivity (Wildman–Crippen MR) is 90.6 cm³/mol. The molecule has 8 heteroatoms. The molecule has 0 saturated carbocycles. The number of aryl methyl sites for hydroxylation is 2. The summed E-state index contributed by atoms with van der Waals surface area (Å²) in [5, 5.41) is 7.46. The van der Waals surface area contributed by atoms with E-state index < -0.39 is 11.8 Å². The van der Waals surface area contributed by atoms with Crippen LogP contribution in [-0.4, -0.2) is 21.6 Å². The molecule has 6 nitrogen and oxygen atoms in total. The first-order valence-corrected chi connectivity index (χ1v) is 7.32. The van der Waals surface area contributed by atoms with Crippen molar-refractivity contribution in [3.8, 4) is 0 Å². The number of amides is 2. The third kappa shape index (κ3) is 3.91. The fourth-order valence-electron chi connectivity index (χ4n) is 1.94. The minimum Gasteiger partial charge on any atom is -0.366 e. The number of hydrogen-bond acceptors (Lipinski definition) is 3. The summed E-state index contributed by atoms with van der Waals surface area (Å²) in [6.45, 7) is 1.79. The average Bonchev–Trinajstić information content (AvgIpc) is 2.72. The molecule has 0 radical (unpaired) electrons. The molecule has 0 unspecified atom stereocenters. The Hall–Kier alpha value is -2.31. The lowest BCUT2D eigenvalue weighted by atomic mass is 10.2. The standard InChI is InChI=1S/C15H14Cl2N4O2/c1-8-10(14(17)21(2)20-8)4-6-13(22)19-12-7-9(15(18)23)3-5-11(12)16/h3-7H,1-2H3,(H2,18,23)(H,19,22)/b6-4+. The number of carbonyl (C=O) groups is 2. The lowest BCUT2D eigenvalue weighted by Crippen LogP contribution is -2.13. The third-order valence-electron chi connectivity index (χ3n) is 3.11. The van der Waals surface area contributed by atoms with Crippen molar-refractivity contribution in [2.75, 3.05) is 5.32 Å². The van der Waals surface area contributed by atoms with Gasteiger partial charge in [0.15, 0.2) is 0 Å². The highest BCUT2D eigenvalue weighted by atomic mass is 35.5. The Morgan fingerprint density at radius 3 is 2.61 bits per heavy atom. The summed E-state index contributed by atoms with van der Waals surface area (Å²) >= 11 is 12.1. The molecule has 2 rings (SSSR count). The van der Waals surface area contributed by atoms with E-state index in [-0.39, 0.29) is 5.56 Å². The minimum atomic E-state index is -0.606. The molecule has 0 bridgehead atoms. The molecule has 0 atom stereocenters. The number of nitrogens with zero attached hydrogens (tertiary/aromatic N) is 2. The molecule has 23 heavy (non-hydrogen) atoms. The zero-order valence-electron chi connectivity index (χ0n) is 12.4. The fourth-order valence-corrected chi connectivity index (χ4v) is 2.35. The van der Waals surface area contributed by atoms with Crippen molar-refractivity contribution in [2.45, 2.75) is 6.92 Å². The highest BCUT2D eigenvalue weighted by molar-refractivity contribution is 6.34. The molecule has 0 aliphatic carbocycles. The van der Waals surface area contributed by atoms with Gasteiger partial charge in [0.25, 0.3) is 0 Å². The van der Waals surface area contributed by atoms with Crippen LogP contribution in [0.15, 0.2) is 24.3 Å². The smallest absolute Gasteiger partial charge is 0.248 e. The van der Waals surface area contributed by atoms with E-state index in [4.69, 9.17) is 28.9 Å². The van der Waals surface area contributed by atoms with Gasteiger partial charge in [-0.05, 0) is 31.2 Å². The van der Waals surface area contributed by atoms with Gasteiger partial charge < -0.3 is 11.1 Å². The van der Waals surface area contributed by atoms with Crippen LogP contribution in [0.2, 0.25) is 10.2 Å². The Morgan fingerprint density at radius 1 is 1.35 bits per heavy atom. The van der Waals surface area contributed by atoms with Gasteiger partial charge in [0.2, 0.25) is 11.8 Å². The van der Waals surface area contributed by atoms with Crippen LogP contribution in [0, 0.1) is 6.92 Å². The fraction of sp³-hybridized carbons (Fsp3) is 0.133. The summed E-state index contributed by atoms with van der Waals surface area (Å²) in [4.78, 5) is 23.2. The molecular weight excluding hydrogens is 339 g/mol. The largest absolute Gasteiger partial charge is 0.366 e. The molecular formula is C15H14Cl2N4O2. The normalized spacial score (nSPS) is 11.0. The SMILES string of the molecule is Cc1nn(C)c(Cl)c1/C=C/C(=O)Nc1cc(C(N)=O)ccc1Cl. The van der Waals surface area contributed by atoms with Crippen molar-refractivity contribution in [1.29, 1.82) is 0 Å². The first kappa shape index (κ1) is 17.1. The van der Waals surface area contributed by atoms with Crippen LogP contribution in [0.4, 0.5) is 5.69 Å². The molecule has 120 valence electrons. The second-order valence-electron chi connectivity index (χ2n) is 4.79. The van der Waals surface area contributed by atoms with E-state index in [1.165, 1.54) is 29.0 Å². The number of nitrogens with one attached hydrogen (secondary N) is 1. The van der Waals surface area contributed by atoms with Crippen molar-refractivity contribution in [3.63, 3.8) is 0 Å². The van der Waals surface area contributed by atoms with Crippen LogP contribution in [0.5, 0.6) is 0 Å². The van der Waals surface area contributed by atoms with Crippen molar-refractivity contribution < 1.29 is 9.59 Å². The first-order chi connectivity index (χ1) is 10.8. The second kappa shape index (κ2) is 6.85. The number of anilines is 1. The molecule has 3 N–H and O–H groups in total. The summed E-state index contributed by atoms with van der Waals surface area (Å²) in [6, 6.07) is 4.39. The lowest BCUT2D eigenvalue weighted by Gasteiger charge is -2.06. The van der Waals surface area contributed by atoms with E-state index >= 15 is 0 Å². The molecule has 2 aromatic rings. The maximum Gasteiger partial charge on any atom is 0.248 e. The molecule has 0 aliphatic heterocycles. The third-order valence-corrected chi connectivity index (χ3v) is 3.88. The van der Waals surface area contributed by atoms with Crippen molar-refractivity contribution >= 4 is 46.8 Å². The number of nitrogens with two attached hydrogens (primary N) is 1. The molecule has 1 aromatic heterocycles. The number of hydrogen-bond donors (Lipinski definition) is 2. The number of carbonyl (C=O) groups excluding carboxylic acids is 2. The monoisotopic (exact) mass is 352 g/mol. The van der Waals surface area contributed by atoms with Crippen LogP contribution in [0.1, 0.15) is 21.6 Å². The first-order valence-electron chi connectivity index (χ1n) is 6.57. The molecule has 2 amide bonds. The summed E-state index contributed by atoms with van der Waals surface area (Å²) in [6.07, 6.45) is 2.87.